The van der Waals surface area contributed by atoms with Crippen molar-refractivity contribution in [1.82, 2.24) is 24.9 Å². The monoisotopic (exact) mass is 315 g/mol. The van der Waals surface area contributed by atoms with Crippen molar-refractivity contribution in [2.45, 2.75) is 25.8 Å². The van der Waals surface area contributed by atoms with E-state index in [1.165, 1.54) is 39.5 Å². The predicted molar refractivity (Wildman–Crippen MR) is 84.9 cm³/mol. The number of carbonyl (C=O) groups is 1. The zero-order valence-corrected chi connectivity index (χ0v) is 13.3. The topological polar surface area (TPSA) is 73.1 Å². The average molecular weight is 315 g/mol. The lowest BCUT2D eigenvalue weighted by atomic mass is 10.1. The number of nitrogens with zero attached hydrogens (tertiary/aromatic N) is 5. The zero-order chi connectivity index (χ0) is 16.1. The molecule has 2 aromatic rings. The summed E-state index contributed by atoms with van der Waals surface area (Å²) in [4.78, 5) is 18.3. The van der Waals surface area contributed by atoms with E-state index in [-0.39, 0.29) is 5.69 Å². The maximum absolute atomic E-state index is 11.5. The van der Waals surface area contributed by atoms with E-state index in [4.69, 9.17) is 0 Å². The summed E-state index contributed by atoms with van der Waals surface area (Å²) in [6.45, 7) is 4.14. The SMILES string of the molecule is COC(=O)c1cccc(-c2cn(CCN3CCCCC3)nn2)n1. The summed E-state index contributed by atoms with van der Waals surface area (Å²) in [6.07, 6.45) is 5.78. The van der Waals surface area contributed by atoms with Crippen LogP contribution in [-0.2, 0) is 11.3 Å². The fourth-order valence-corrected chi connectivity index (χ4v) is 2.75. The lowest BCUT2D eigenvalue weighted by Gasteiger charge is -2.25. The second-order valence-electron chi connectivity index (χ2n) is 5.67. The fraction of sp³-hybridized carbons (Fsp3) is 0.500. The normalized spacial score (nSPS) is 15.5. The van der Waals surface area contributed by atoms with Crippen molar-refractivity contribution in [1.29, 1.82) is 0 Å². The fourth-order valence-electron chi connectivity index (χ4n) is 2.75. The summed E-state index contributed by atoms with van der Waals surface area (Å²) in [5, 5.41) is 8.31. The molecule has 1 saturated heterocycles. The number of hydrogen-bond acceptors (Lipinski definition) is 6. The highest BCUT2D eigenvalue weighted by atomic mass is 16.5. The minimum absolute atomic E-state index is 0.271. The van der Waals surface area contributed by atoms with Gasteiger partial charge >= 0.3 is 5.97 Å². The van der Waals surface area contributed by atoms with Crippen LogP contribution < -0.4 is 0 Å². The Morgan fingerprint density at radius 3 is 2.78 bits per heavy atom. The van der Waals surface area contributed by atoms with E-state index in [1.807, 2.05) is 16.9 Å². The van der Waals surface area contributed by atoms with Crippen LogP contribution in [0.3, 0.4) is 0 Å². The van der Waals surface area contributed by atoms with Crippen LogP contribution in [0.4, 0.5) is 0 Å². The Balaban J connectivity index is 1.65. The Bertz CT molecular complexity index is 664. The van der Waals surface area contributed by atoms with Crippen molar-refractivity contribution in [3.63, 3.8) is 0 Å². The molecule has 3 heterocycles. The van der Waals surface area contributed by atoms with Crippen LogP contribution in [0.2, 0.25) is 0 Å². The van der Waals surface area contributed by atoms with Gasteiger partial charge in [-0.15, -0.1) is 5.10 Å². The lowest BCUT2D eigenvalue weighted by Crippen LogP contribution is -2.32. The van der Waals surface area contributed by atoms with Crippen molar-refractivity contribution in [3.8, 4) is 11.4 Å². The lowest BCUT2D eigenvalue weighted by molar-refractivity contribution is 0.0594. The van der Waals surface area contributed by atoms with Gasteiger partial charge in [0.05, 0.1) is 25.5 Å². The Hall–Kier alpha value is -2.28. The van der Waals surface area contributed by atoms with Crippen molar-refractivity contribution < 1.29 is 9.53 Å². The predicted octanol–water partition coefficient (Wildman–Crippen LogP) is 1.61. The molecule has 0 spiro atoms. The second kappa shape index (κ2) is 7.32. The third-order valence-electron chi connectivity index (χ3n) is 4.04. The summed E-state index contributed by atoms with van der Waals surface area (Å²) in [7, 11) is 1.34. The number of methoxy groups -OCH3 is 1. The Morgan fingerprint density at radius 1 is 1.17 bits per heavy atom. The molecule has 0 aromatic carbocycles. The van der Waals surface area contributed by atoms with E-state index in [9.17, 15) is 4.79 Å². The highest BCUT2D eigenvalue weighted by Gasteiger charge is 2.12. The maximum atomic E-state index is 11.5. The molecule has 0 amide bonds. The molecule has 0 atom stereocenters. The largest absolute Gasteiger partial charge is 0.464 e. The highest BCUT2D eigenvalue weighted by molar-refractivity contribution is 5.87. The Labute approximate surface area is 135 Å². The van der Waals surface area contributed by atoms with Gasteiger partial charge < -0.3 is 9.64 Å². The number of carbonyl (C=O) groups excluding carboxylic acids is 1. The summed E-state index contributed by atoms with van der Waals surface area (Å²) >= 11 is 0. The number of rotatable bonds is 5. The molecule has 1 fully saturated rings. The summed E-state index contributed by atoms with van der Waals surface area (Å²) in [5.41, 5.74) is 1.55. The van der Waals surface area contributed by atoms with Crippen LogP contribution in [0.5, 0.6) is 0 Å². The molecular weight excluding hydrogens is 294 g/mol. The molecule has 23 heavy (non-hydrogen) atoms. The summed E-state index contributed by atoms with van der Waals surface area (Å²) < 4.78 is 6.52. The first-order valence-corrected chi connectivity index (χ1v) is 7.94. The van der Waals surface area contributed by atoms with Crippen LogP contribution in [0.25, 0.3) is 11.4 Å². The van der Waals surface area contributed by atoms with Crippen LogP contribution >= 0.6 is 0 Å². The first-order valence-electron chi connectivity index (χ1n) is 7.94. The molecule has 3 rings (SSSR count). The third-order valence-corrected chi connectivity index (χ3v) is 4.04. The van der Waals surface area contributed by atoms with E-state index in [2.05, 4.69) is 24.9 Å². The van der Waals surface area contributed by atoms with Gasteiger partial charge in [0.2, 0.25) is 0 Å². The van der Waals surface area contributed by atoms with Crippen LogP contribution in [0.15, 0.2) is 24.4 Å². The number of ether oxygens (including phenoxy) is 1. The molecule has 2 aromatic heterocycles. The number of aromatic nitrogens is 4. The summed E-state index contributed by atoms with van der Waals surface area (Å²) in [5.74, 6) is -0.454. The molecule has 0 aliphatic carbocycles. The first-order chi connectivity index (χ1) is 11.3. The molecule has 7 nitrogen and oxygen atoms in total. The second-order valence-corrected chi connectivity index (χ2v) is 5.67. The van der Waals surface area contributed by atoms with Crippen molar-refractivity contribution in [2.75, 3.05) is 26.7 Å². The van der Waals surface area contributed by atoms with E-state index in [0.29, 0.717) is 11.4 Å². The van der Waals surface area contributed by atoms with Gasteiger partial charge in [0, 0.05) is 6.54 Å². The summed E-state index contributed by atoms with van der Waals surface area (Å²) in [6, 6.07) is 5.20. The van der Waals surface area contributed by atoms with E-state index < -0.39 is 5.97 Å². The van der Waals surface area contributed by atoms with Gasteiger partial charge in [0.15, 0.2) is 0 Å². The molecular formula is C16H21N5O2. The van der Waals surface area contributed by atoms with E-state index in [1.54, 1.807) is 12.1 Å². The van der Waals surface area contributed by atoms with Gasteiger partial charge in [0.25, 0.3) is 0 Å². The van der Waals surface area contributed by atoms with Crippen LogP contribution in [0.1, 0.15) is 29.8 Å². The quantitative estimate of drug-likeness (QED) is 0.781. The maximum Gasteiger partial charge on any atom is 0.356 e. The molecule has 7 heteroatoms. The molecule has 1 aliphatic heterocycles. The number of hydrogen-bond donors (Lipinski definition) is 0. The van der Waals surface area contributed by atoms with Gasteiger partial charge in [-0.05, 0) is 38.1 Å². The minimum atomic E-state index is -0.454. The van der Waals surface area contributed by atoms with Gasteiger partial charge in [-0.3, -0.25) is 4.68 Å². The minimum Gasteiger partial charge on any atom is -0.464 e. The molecule has 0 saturated carbocycles. The number of piperidine rings is 1. The Kier molecular flexibility index (Phi) is 4.97. The standard InChI is InChI=1S/C16H21N5O2/c1-23-16(22)14-7-5-6-13(17-14)15-12-21(19-18-15)11-10-20-8-3-2-4-9-20/h5-7,12H,2-4,8-11H2,1H3. The van der Waals surface area contributed by atoms with Gasteiger partial charge in [0.1, 0.15) is 11.4 Å². The number of likely N-dealkylation sites (tertiary alicyclic amines) is 1. The zero-order valence-electron chi connectivity index (χ0n) is 13.3. The van der Waals surface area contributed by atoms with Crippen LogP contribution in [-0.4, -0.2) is 57.6 Å². The molecule has 0 N–H and O–H groups in total. The van der Waals surface area contributed by atoms with Crippen molar-refractivity contribution in [2.24, 2.45) is 0 Å². The molecule has 0 unspecified atom stereocenters. The van der Waals surface area contributed by atoms with E-state index >= 15 is 0 Å². The molecule has 0 bridgehead atoms. The van der Waals surface area contributed by atoms with Gasteiger partial charge in [-0.25, -0.2) is 9.78 Å². The number of esters is 1. The average Bonchev–Trinajstić information content (AvgIpc) is 3.09. The molecule has 1 aliphatic rings. The number of pyridine rings is 1. The molecule has 0 radical (unpaired) electrons. The third kappa shape index (κ3) is 3.92. The first kappa shape index (κ1) is 15.6. The van der Waals surface area contributed by atoms with Gasteiger partial charge in [-0.2, -0.15) is 0 Å². The van der Waals surface area contributed by atoms with Crippen molar-refractivity contribution >= 4 is 5.97 Å². The Morgan fingerprint density at radius 2 is 2.00 bits per heavy atom. The molecule has 122 valence electrons. The highest BCUT2D eigenvalue weighted by Crippen LogP contribution is 2.14. The van der Waals surface area contributed by atoms with E-state index in [0.717, 1.165) is 13.1 Å². The van der Waals surface area contributed by atoms with Crippen LogP contribution in [0, 0.1) is 0 Å². The van der Waals surface area contributed by atoms with Crippen molar-refractivity contribution in [3.05, 3.63) is 30.1 Å². The smallest absolute Gasteiger partial charge is 0.356 e. The van der Waals surface area contributed by atoms with Gasteiger partial charge in [-0.1, -0.05) is 17.7 Å².